The molecule has 0 atom stereocenters. The molecule has 1 N–H and O–H groups in total. The van der Waals surface area contributed by atoms with Crippen molar-refractivity contribution in [1.82, 2.24) is 0 Å². The van der Waals surface area contributed by atoms with Crippen molar-refractivity contribution in [3.63, 3.8) is 0 Å². The molecule has 5 nitrogen and oxygen atoms in total. The highest BCUT2D eigenvalue weighted by molar-refractivity contribution is 6.32. The second-order valence-electron chi connectivity index (χ2n) is 7.23. The Morgan fingerprint density at radius 3 is 2.50 bits per heavy atom. The number of carbonyl (C=O) groups is 1. The summed E-state index contributed by atoms with van der Waals surface area (Å²) in [5, 5.41) is 12.6. The van der Waals surface area contributed by atoms with Crippen LogP contribution in [-0.4, -0.2) is 13.0 Å². The minimum Gasteiger partial charge on any atom is -0.493 e. The molecule has 0 aromatic heterocycles. The molecule has 0 radical (unpaired) electrons. The van der Waals surface area contributed by atoms with E-state index in [0.29, 0.717) is 34.4 Å². The van der Waals surface area contributed by atoms with Crippen LogP contribution < -0.4 is 14.8 Å². The van der Waals surface area contributed by atoms with Crippen molar-refractivity contribution in [2.45, 2.75) is 20.5 Å². The second kappa shape index (κ2) is 10.5. The van der Waals surface area contributed by atoms with Crippen LogP contribution in [0.1, 0.15) is 22.3 Å². The van der Waals surface area contributed by atoms with E-state index in [4.69, 9.17) is 21.1 Å². The van der Waals surface area contributed by atoms with E-state index in [0.717, 1.165) is 16.7 Å². The van der Waals surface area contributed by atoms with Crippen molar-refractivity contribution in [1.29, 1.82) is 5.26 Å². The number of methoxy groups -OCH3 is 1. The van der Waals surface area contributed by atoms with Crippen LogP contribution in [0.5, 0.6) is 11.5 Å². The number of rotatable bonds is 7. The van der Waals surface area contributed by atoms with Crippen LogP contribution in [-0.2, 0) is 11.4 Å². The van der Waals surface area contributed by atoms with Gasteiger partial charge in [0.2, 0.25) is 0 Å². The average molecular weight is 447 g/mol. The lowest BCUT2D eigenvalue weighted by Gasteiger charge is -2.13. The third kappa shape index (κ3) is 5.69. The van der Waals surface area contributed by atoms with Crippen molar-refractivity contribution in [2.75, 3.05) is 12.4 Å². The zero-order valence-electron chi connectivity index (χ0n) is 18.1. The van der Waals surface area contributed by atoms with Crippen molar-refractivity contribution < 1.29 is 14.3 Å². The fraction of sp³-hybridized carbons (Fsp3) is 0.154. The van der Waals surface area contributed by atoms with Gasteiger partial charge in [-0.2, -0.15) is 5.26 Å². The van der Waals surface area contributed by atoms with Crippen LogP contribution in [0.15, 0.2) is 66.2 Å². The van der Waals surface area contributed by atoms with Gasteiger partial charge in [-0.15, -0.1) is 0 Å². The molecule has 0 aliphatic rings. The molecule has 162 valence electrons. The standard InChI is InChI=1S/C26H23ClN2O3/c1-17-9-10-22(11-18(17)2)29-26(30)21(15-28)12-20-13-23(27)25(24(14-20)31-3)32-16-19-7-5-4-6-8-19/h4-14H,16H2,1-3H3,(H,29,30)/b21-12+. The summed E-state index contributed by atoms with van der Waals surface area (Å²) in [6.45, 7) is 4.28. The number of anilines is 1. The lowest BCUT2D eigenvalue weighted by atomic mass is 10.1. The molecule has 0 bridgehead atoms. The number of halogens is 1. The Balaban J connectivity index is 1.82. The lowest BCUT2D eigenvalue weighted by molar-refractivity contribution is -0.112. The molecule has 3 aromatic rings. The Kier molecular flexibility index (Phi) is 7.54. The van der Waals surface area contributed by atoms with Crippen molar-refractivity contribution in [2.24, 2.45) is 0 Å². The summed E-state index contributed by atoms with van der Waals surface area (Å²) in [7, 11) is 1.51. The first-order chi connectivity index (χ1) is 15.4. The van der Waals surface area contributed by atoms with Crippen molar-refractivity contribution in [3.8, 4) is 17.6 Å². The molecule has 0 aliphatic heterocycles. The minimum absolute atomic E-state index is 0.0562. The zero-order valence-corrected chi connectivity index (χ0v) is 18.9. The molecule has 3 aromatic carbocycles. The molecule has 0 heterocycles. The van der Waals surface area contributed by atoms with Gasteiger partial charge in [0.1, 0.15) is 18.2 Å². The van der Waals surface area contributed by atoms with Gasteiger partial charge >= 0.3 is 0 Å². The monoisotopic (exact) mass is 446 g/mol. The van der Waals surface area contributed by atoms with Crippen molar-refractivity contribution in [3.05, 3.63) is 93.5 Å². The number of aryl methyl sites for hydroxylation is 2. The van der Waals surface area contributed by atoms with Crippen LogP contribution >= 0.6 is 11.6 Å². The van der Waals surface area contributed by atoms with Crippen LogP contribution in [0.4, 0.5) is 5.69 Å². The average Bonchev–Trinajstić information content (AvgIpc) is 2.79. The van der Waals surface area contributed by atoms with Gasteiger partial charge in [0.05, 0.1) is 12.1 Å². The molecular formula is C26H23ClN2O3. The molecule has 0 unspecified atom stereocenters. The van der Waals surface area contributed by atoms with E-state index in [1.54, 1.807) is 18.2 Å². The van der Waals surface area contributed by atoms with Gasteiger partial charge in [-0.3, -0.25) is 4.79 Å². The summed E-state index contributed by atoms with van der Waals surface area (Å²) in [5.41, 5.74) is 4.28. The van der Waals surface area contributed by atoms with Crippen LogP contribution in [0.3, 0.4) is 0 Å². The Bertz CT molecular complexity index is 1200. The largest absolute Gasteiger partial charge is 0.493 e. The van der Waals surface area contributed by atoms with E-state index in [1.807, 2.05) is 62.4 Å². The first kappa shape index (κ1) is 22.9. The molecule has 1 amide bonds. The van der Waals surface area contributed by atoms with Gasteiger partial charge in [0, 0.05) is 5.69 Å². The van der Waals surface area contributed by atoms with Crippen molar-refractivity contribution >= 4 is 29.3 Å². The quantitative estimate of drug-likeness (QED) is 0.352. The lowest BCUT2D eigenvalue weighted by Crippen LogP contribution is -2.13. The van der Waals surface area contributed by atoms with Gasteiger partial charge in [-0.05, 0) is 66.4 Å². The maximum Gasteiger partial charge on any atom is 0.266 e. The molecule has 0 aliphatic carbocycles. The normalized spacial score (nSPS) is 10.9. The topological polar surface area (TPSA) is 71.3 Å². The SMILES string of the molecule is COc1cc(/C=C(\C#N)C(=O)Nc2ccc(C)c(C)c2)cc(Cl)c1OCc1ccccc1. The Morgan fingerprint density at radius 1 is 1.09 bits per heavy atom. The summed E-state index contributed by atoms with van der Waals surface area (Å²) in [6.07, 6.45) is 1.46. The summed E-state index contributed by atoms with van der Waals surface area (Å²) in [5.74, 6) is 0.301. The Morgan fingerprint density at radius 2 is 1.84 bits per heavy atom. The maximum absolute atomic E-state index is 12.6. The fourth-order valence-electron chi connectivity index (χ4n) is 3.03. The Hall–Kier alpha value is -3.75. The van der Waals surface area contributed by atoms with Gasteiger partial charge in [0.25, 0.3) is 5.91 Å². The molecule has 32 heavy (non-hydrogen) atoms. The highest BCUT2D eigenvalue weighted by Crippen LogP contribution is 2.37. The molecule has 0 saturated carbocycles. The van der Waals surface area contributed by atoms with Crippen LogP contribution in [0, 0.1) is 25.2 Å². The van der Waals surface area contributed by atoms with E-state index in [9.17, 15) is 10.1 Å². The van der Waals surface area contributed by atoms with Gasteiger partial charge in [-0.1, -0.05) is 48.0 Å². The van der Waals surface area contributed by atoms with E-state index < -0.39 is 5.91 Å². The Labute approximate surface area is 192 Å². The van der Waals surface area contributed by atoms with Gasteiger partial charge in [-0.25, -0.2) is 0 Å². The third-order valence-electron chi connectivity index (χ3n) is 4.92. The number of ether oxygens (including phenoxy) is 2. The van der Waals surface area contributed by atoms with Crippen LogP contribution in [0.25, 0.3) is 6.08 Å². The fourth-order valence-corrected chi connectivity index (χ4v) is 3.30. The summed E-state index contributed by atoms with van der Waals surface area (Å²) >= 11 is 6.43. The van der Waals surface area contributed by atoms with E-state index >= 15 is 0 Å². The second-order valence-corrected chi connectivity index (χ2v) is 7.64. The summed E-state index contributed by atoms with van der Waals surface area (Å²) < 4.78 is 11.3. The predicted molar refractivity (Wildman–Crippen MR) is 127 cm³/mol. The number of hydrogen-bond acceptors (Lipinski definition) is 4. The van der Waals surface area contributed by atoms with E-state index in [1.165, 1.54) is 13.2 Å². The van der Waals surface area contributed by atoms with Gasteiger partial charge in [0.15, 0.2) is 11.5 Å². The predicted octanol–water partition coefficient (Wildman–Crippen LogP) is 6.09. The molecule has 0 fully saturated rings. The zero-order chi connectivity index (χ0) is 23.1. The minimum atomic E-state index is -0.504. The number of benzene rings is 3. The smallest absolute Gasteiger partial charge is 0.266 e. The number of nitriles is 1. The summed E-state index contributed by atoms with van der Waals surface area (Å²) in [4.78, 5) is 12.6. The highest BCUT2D eigenvalue weighted by Gasteiger charge is 2.15. The third-order valence-corrected chi connectivity index (χ3v) is 5.20. The molecular weight excluding hydrogens is 424 g/mol. The molecule has 0 saturated heterocycles. The number of amides is 1. The molecule has 3 rings (SSSR count). The van der Waals surface area contributed by atoms with Crippen LogP contribution in [0.2, 0.25) is 5.02 Å². The van der Waals surface area contributed by atoms with E-state index in [2.05, 4.69) is 5.32 Å². The number of hydrogen-bond donors (Lipinski definition) is 1. The maximum atomic E-state index is 12.6. The molecule has 0 spiro atoms. The summed E-state index contributed by atoms with van der Waals surface area (Å²) in [6, 6.07) is 20.5. The molecule has 6 heteroatoms. The number of nitrogens with zero attached hydrogens (tertiary/aromatic N) is 1. The first-order valence-electron chi connectivity index (χ1n) is 9.96. The van der Waals surface area contributed by atoms with Gasteiger partial charge < -0.3 is 14.8 Å². The van der Waals surface area contributed by atoms with E-state index in [-0.39, 0.29) is 5.57 Å². The number of carbonyl (C=O) groups excluding carboxylic acids is 1. The number of nitrogens with one attached hydrogen (secondary N) is 1. The first-order valence-corrected chi connectivity index (χ1v) is 10.3. The highest BCUT2D eigenvalue weighted by atomic mass is 35.5.